The first kappa shape index (κ1) is 8.14. The molecule has 1 aromatic rings. The predicted molar refractivity (Wildman–Crippen MR) is 43.8 cm³/mol. The van der Waals surface area contributed by atoms with E-state index >= 15 is 0 Å². The molecule has 0 spiro atoms. The van der Waals surface area contributed by atoms with Crippen molar-refractivity contribution in [2.24, 2.45) is 4.99 Å². The largest absolute Gasteiger partial charge is 0.357 e. The van der Waals surface area contributed by atoms with E-state index in [2.05, 4.69) is 9.98 Å². The average Bonchev–Trinajstić information content (AvgIpc) is 2.51. The SMILES string of the molecule is O=C1C(S(=O)(=O)O)=Nc2cc[nH]c21. The second-order valence-electron chi connectivity index (χ2n) is 2.46. The summed E-state index contributed by atoms with van der Waals surface area (Å²) in [5.41, 5.74) is 0.324. The van der Waals surface area contributed by atoms with Crippen LogP contribution in [0.5, 0.6) is 0 Å². The van der Waals surface area contributed by atoms with Crippen molar-refractivity contribution >= 4 is 26.6 Å². The van der Waals surface area contributed by atoms with Crippen LogP contribution >= 0.6 is 0 Å². The molecular weight excluding hydrogens is 196 g/mol. The van der Waals surface area contributed by atoms with Gasteiger partial charge >= 0.3 is 10.1 Å². The van der Waals surface area contributed by atoms with Crippen LogP contribution in [-0.2, 0) is 10.1 Å². The molecule has 7 heteroatoms. The van der Waals surface area contributed by atoms with E-state index in [4.69, 9.17) is 4.55 Å². The molecule has 1 aliphatic rings. The topological polar surface area (TPSA) is 99.6 Å². The van der Waals surface area contributed by atoms with Gasteiger partial charge in [0.05, 0.1) is 5.69 Å². The fourth-order valence-corrected chi connectivity index (χ4v) is 1.63. The second kappa shape index (κ2) is 2.27. The molecule has 0 saturated carbocycles. The molecule has 1 aromatic heterocycles. The second-order valence-corrected chi connectivity index (χ2v) is 3.80. The van der Waals surface area contributed by atoms with E-state index in [-0.39, 0.29) is 11.4 Å². The van der Waals surface area contributed by atoms with Gasteiger partial charge in [0.1, 0.15) is 5.69 Å². The summed E-state index contributed by atoms with van der Waals surface area (Å²) in [6.45, 7) is 0. The summed E-state index contributed by atoms with van der Waals surface area (Å²) in [7, 11) is -4.51. The Bertz CT molecular complexity index is 510. The van der Waals surface area contributed by atoms with Gasteiger partial charge in [-0.25, -0.2) is 4.99 Å². The number of carbonyl (C=O) groups excluding carboxylic acids is 1. The Balaban J connectivity index is 2.63. The Morgan fingerprint density at radius 1 is 1.46 bits per heavy atom. The molecule has 0 radical (unpaired) electrons. The number of nitrogens with one attached hydrogen (secondary N) is 1. The van der Waals surface area contributed by atoms with E-state index < -0.39 is 20.9 Å². The minimum Gasteiger partial charge on any atom is -0.357 e. The average molecular weight is 200 g/mol. The quantitative estimate of drug-likeness (QED) is 0.581. The summed E-state index contributed by atoms with van der Waals surface area (Å²) in [5, 5.41) is -0.825. The fraction of sp³-hybridized carbons (Fsp3) is 0. The number of hydrogen-bond donors (Lipinski definition) is 2. The van der Waals surface area contributed by atoms with Crippen molar-refractivity contribution in [1.82, 2.24) is 4.98 Å². The van der Waals surface area contributed by atoms with E-state index in [1.165, 1.54) is 12.3 Å². The maximum atomic E-state index is 11.2. The summed E-state index contributed by atoms with van der Waals surface area (Å²) in [6.07, 6.45) is 1.47. The molecule has 0 atom stereocenters. The zero-order valence-corrected chi connectivity index (χ0v) is 7.00. The number of Topliss-reactive ketones (excluding diaryl/α,β-unsaturated/α-hetero) is 1. The van der Waals surface area contributed by atoms with Crippen molar-refractivity contribution in [2.45, 2.75) is 0 Å². The first-order valence-corrected chi connectivity index (χ1v) is 4.72. The number of hydrogen-bond acceptors (Lipinski definition) is 4. The third-order valence-electron chi connectivity index (χ3n) is 1.61. The van der Waals surface area contributed by atoms with Crippen LogP contribution in [0.4, 0.5) is 5.69 Å². The highest BCUT2D eigenvalue weighted by Crippen LogP contribution is 2.26. The lowest BCUT2D eigenvalue weighted by molar-refractivity contribution is 0.106. The number of ketones is 1. The summed E-state index contributed by atoms with van der Waals surface area (Å²) in [6, 6.07) is 1.45. The molecular formula is C6H4N2O4S. The number of aromatic nitrogens is 1. The number of fused-ring (bicyclic) bond motifs is 1. The number of H-pyrrole nitrogens is 1. The van der Waals surface area contributed by atoms with E-state index in [0.29, 0.717) is 0 Å². The smallest absolute Gasteiger partial charge is 0.316 e. The van der Waals surface area contributed by atoms with Gasteiger partial charge in [0.15, 0.2) is 0 Å². The van der Waals surface area contributed by atoms with Gasteiger partial charge in [-0.1, -0.05) is 0 Å². The summed E-state index contributed by atoms with van der Waals surface area (Å²) in [4.78, 5) is 17.2. The van der Waals surface area contributed by atoms with Crippen molar-refractivity contribution in [2.75, 3.05) is 0 Å². The molecule has 0 bridgehead atoms. The number of aromatic amines is 1. The monoisotopic (exact) mass is 200 g/mol. The Labute approximate surface area is 73.1 Å². The molecule has 0 aliphatic carbocycles. The van der Waals surface area contributed by atoms with Gasteiger partial charge in [-0.15, -0.1) is 0 Å². The van der Waals surface area contributed by atoms with E-state index in [1.54, 1.807) is 0 Å². The van der Waals surface area contributed by atoms with Gasteiger partial charge < -0.3 is 4.98 Å². The standard InChI is InChI=1S/C6H4N2O4S/c9-5-4-3(1-2-7-4)8-6(5)13(10,11)12/h1-2,7H,(H,10,11,12). The van der Waals surface area contributed by atoms with Gasteiger partial charge in [0.2, 0.25) is 10.8 Å². The zero-order chi connectivity index (χ0) is 9.64. The molecule has 1 aliphatic heterocycles. The molecule has 13 heavy (non-hydrogen) atoms. The van der Waals surface area contributed by atoms with E-state index in [9.17, 15) is 13.2 Å². The lowest BCUT2D eigenvalue weighted by atomic mass is 10.3. The van der Waals surface area contributed by atoms with Crippen molar-refractivity contribution in [3.05, 3.63) is 18.0 Å². The van der Waals surface area contributed by atoms with Gasteiger partial charge in [-0.2, -0.15) is 8.42 Å². The normalized spacial score (nSPS) is 15.8. The van der Waals surface area contributed by atoms with Crippen molar-refractivity contribution < 1.29 is 17.8 Å². The molecule has 2 heterocycles. The highest BCUT2D eigenvalue weighted by Gasteiger charge is 2.33. The molecule has 2 rings (SSSR count). The lowest BCUT2D eigenvalue weighted by Gasteiger charge is -1.91. The molecule has 0 fully saturated rings. The Morgan fingerprint density at radius 2 is 2.15 bits per heavy atom. The molecule has 0 aromatic carbocycles. The van der Waals surface area contributed by atoms with Crippen LogP contribution in [0.15, 0.2) is 17.3 Å². The fourth-order valence-electron chi connectivity index (χ4n) is 1.08. The third-order valence-corrected chi connectivity index (χ3v) is 2.38. The highest BCUT2D eigenvalue weighted by atomic mass is 32.2. The minimum atomic E-state index is -4.51. The molecule has 0 amide bonds. The zero-order valence-electron chi connectivity index (χ0n) is 6.18. The van der Waals surface area contributed by atoms with Crippen molar-refractivity contribution in [3.63, 3.8) is 0 Å². The first-order valence-electron chi connectivity index (χ1n) is 3.28. The molecule has 0 saturated heterocycles. The van der Waals surface area contributed by atoms with Crippen LogP contribution in [-0.4, -0.2) is 28.8 Å². The number of carbonyl (C=O) groups is 1. The predicted octanol–water partition coefficient (Wildman–Crippen LogP) is 0.129. The van der Waals surface area contributed by atoms with Gasteiger partial charge in [0.25, 0.3) is 0 Å². The Hall–Kier alpha value is -1.47. The maximum Gasteiger partial charge on any atom is 0.316 e. The number of nitrogens with zero attached hydrogens (tertiary/aromatic N) is 1. The van der Waals surface area contributed by atoms with Crippen LogP contribution in [0, 0.1) is 0 Å². The first-order chi connectivity index (χ1) is 6.00. The van der Waals surface area contributed by atoms with Crippen LogP contribution in [0.2, 0.25) is 0 Å². The lowest BCUT2D eigenvalue weighted by Crippen LogP contribution is -2.20. The van der Waals surface area contributed by atoms with Crippen LogP contribution in [0.1, 0.15) is 10.5 Å². The Morgan fingerprint density at radius 3 is 2.69 bits per heavy atom. The van der Waals surface area contributed by atoms with Gasteiger partial charge in [-0.3, -0.25) is 9.35 Å². The molecule has 6 nitrogen and oxygen atoms in total. The van der Waals surface area contributed by atoms with Gasteiger partial charge in [0, 0.05) is 6.20 Å². The van der Waals surface area contributed by atoms with Crippen LogP contribution in [0.25, 0.3) is 0 Å². The third kappa shape index (κ3) is 1.09. The van der Waals surface area contributed by atoms with Gasteiger partial charge in [-0.05, 0) is 6.07 Å². The Kier molecular flexibility index (Phi) is 1.42. The maximum absolute atomic E-state index is 11.2. The minimum absolute atomic E-state index is 0.0904. The summed E-state index contributed by atoms with van der Waals surface area (Å²) in [5.74, 6) is -0.803. The van der Waals surface area contributed by atoms with Crippen LogP contribution in [0.3, 0.4) is 0 Å². The van der Waals surface area contributed by atoms with Crippen molar-refractivity contribution in [1.29, 1.82) is 0 Å². The summed E-state index contributed by atoms with van der Waals surface area (Å²) >= 11 is 0. The highest BCUT2D eigenvalue weighted by molar-refractivity contribution is 8.03. The number of aliphatic imine (C=N–C) groups is 1. The molecule has 68 valence electrons. The molecule has 2 N–H and O–H groups in total. The van der Waals surface area contributed by atoms with Crippen LogP contribution < -0.4 is 0 Å². The molecule has 0 unspecified atom stereocenters. The van der Waals surface area contributed by atoms with Crippen molar-refractivity contribution in [3.8, 4) is 0 Å². The van der Waals surface area contributed by atoms with E-state index in [1.807, 2.05) is 0 Å². The number of rotatable bonds is 0. The summed E-state index contributed by atoms with van der Waals surface area (Å²) < 4.78 is 29.8. The van der Waals surface area contributed by atoms with E-state index in [0.717, 1.165) is 0 Å².